The van der Waals surface area contributed by atoms with Crippen molar-refractivity contribution in [2.45, 2.75) is 13.1 Å². The van der Waals surface area contributed by atoms with Crippen LogP contribution in [0.15, 0.2) is 43.0 Å². The van der Waals surface area contributed by atoms with Gasteiger partial charge in [0.05, 0.1) is 0 Å². The van der Waals surface area contributed by atoms with Gasteiger partial charge in [0.2, 0.25) is 0 Å². The Morgan fingerprint density at radius 3 is 2.80 bits per heavy atom. The molecule has 2 aromatic rings. The highest BCUT2D eigenvalue weighted by molar-refractivity contribution is 5.11. The van der Waals surface area contributed by atoms with Gasteiger partial charge in [0.1, 0.15) is 0 Å². The summed E-state index contributed by atoms with van der Waals surface area (Å²) < 4.78 is 2.06. The number of hydrogen-bond donors (Lipinski definition) is 1. The summed E-state index contributed by atoms with van der Waals surface area (Å²) in [7, 11) is 2.03. The fraction of sp³-hybridized carbons (Fsp3) is 0.250. The summed E-state index contributed by atoms with van der Waals surface area (Å²) in [4.78, 5) is 4.07. The van der Waals surface area contributed by atoms with Crippen molar-refractivity contribution < 1.29 is 0 Å². The maximum absolute atomic E-state index is 4.07. The molecule has 2 heterocycles. The first-order valence-electron chi connectivity index (χ1n) is 5.05. The van der Waals surface area contributed by atoms with Crippen LogP contribution in [0.25, 0.3) is 0 Å². The van der Waals surface area contributed by atoms with Gasteiger partial charge in [-0.3, -0.25) is 4.98 Å². The van der Waals surface area contributed by atoms with Gasteiger partial charge in [-0.2, -0.15) is 0 Å². The molecular weight excluding hydrogens is 186 g/mol. The van der Waals surface area contributed by atoms with E-state index in [4.69, 9.17) is 0 Å². The molecule has 0 aromatic carbocycles. The van der Waals surface area contributed by atoms with E-state index >= 15 is 0 Å². The van der Waals surface area contributed by atoms with E-state index < -0.39 is 0 Å². The number of rotatable bonds is 4. The van der Waals surface area contributed by atoms with Crippen molar-refractivity contribution in [3.8, 4) is 0 Å². The second kappa shape index (κ2) is 4.75. The number of aryl methyl sites for hydroxylation is 1. The van der Waals surface area contributed by atoms with Crippen LogP contribution in [0.3, 0.4) is 0 Å². The van der Waals surface area contributed by atoms with Gasteiger partial charge < -0.3 is 9.88 Å². The summed E-state index contributed by atoms with van der Waals surface area (Å²) in [5.74, 6) is 0. The lowest BCUT2D eigenvalue weighted by Crippen LogP contribution is -2.12. The zero-order valence-corrected chi connectivity index (χ0v) is 8.85. The highest BCUT2D eigenvalue weighted by Crippen LogP contribution is 2.00. The highest BCUT2D eigenvalue weighted by atomic mass is 14.9. The molecule has 3 heteroatoms. The summed E-state index contributed by atoms with van der Waals surface area (Å²) in [6.07, 6.45) is 7.86. The van der Waals surface area contributed by atoms with Crippen LogP contribution in [-0.2, 0) is 20.1 Å². The maximum Gasteiger partial charge on any atom is 0.0312 e. The molecule has 0 amide bonds. The van der Waals surface area contributed by atoms with Crippen molar-refractivity contribution in [2.24, 2.45) is 7.05 Å². The van der Waals surface area contributed by atoms with E-state index in [2.05, 4.69) is 39.4 Å². The van der Waals surface area contributed by atoms with Gasteiger partial charge in [0.25, 0.3) is 0 Å². The Morgan fingerprint density at radius 1 is 1.27 bits per heavy atom. The molecule has 15 heavy (non-hydrogen) atoms. The molecule has 0 saturated carbocycles. The van der Waals surface area contributed by atoms with Gasteiger partial charge in [-0.25, -0.2) is 0 Å². The molecule has 0 fully saturated rings. The second-order valence-corrected chi connectivity index (χ2v) is 3.65. The van der Waals surface area contributed by atoms with Gasteiger partial charge in [0, 0.05) is 44.9 Å². The van der Waals surface area contributed by atoms with Crippen LogP contribution in [0, 0.1) is 0 Å². The van der Waals surface area contributed by atoms with E-state index in [1.54, 1.807) is 6.20 Å². The molecule has 78 valence electrons. The van der Waals surface area contributed by atoms with Crippen molar-refractivity contribution >= 4 is 0 Å². The fourth-order valence-corrected chi connectivity index (χ4v) is 1.52. The van der Waals surface area contributed by atoms with Crippen LogP contribution in [0.5, 0.6) is 0 Å². The third kappa shape index (κ3) is 2.92. The standard InChI is InChI=1S/C12H15N3/c1-15-6-4-12(10-15)9-14-8-11-3-2-5-13-7-11/h2-7,10,14H,8-9H2,1H3. The molecule has 0 spiro atoms. The molecule has 0 bridgehead atoms. The zero-order chi connectivity index (χ0) is 10.5. The summed E-state index contributed by atoms with van der Waals surface area (Å²) in [6.45, 7) is 1.76. The van der Waals surface area contributed by atoms with E-state index in [1.807, 2.05) is 19.3 Å². The largest absolute Gasteiger partial charge is 0.357 e. The summed E-state index contributed by atoms with van der Waals surface area (Å²) >= 11 is 0. The Bertz CT molecular complexity index is 406. The summed E-state index contributed by atoms with van der Waals surface area (Å²) in [5.41, 5.74) is 2.52. The van der Waals surface area contributed by atoms with Gasteiger partial charge in [0.15, 0.2) is 0 Å². The van der Waals surface area contributed by atoms with E-state index in [9.17, 15) is 0 Å². The van der Waals surface area contributed by atoms with Crippen LogP contribution in [-0.4, -0.2) is 9.55 Å². The fourth-order valence-electron chi connectivity index (χ4n) is 1.52. The first kappa shape index (κ1) is 9.93. The van der Waals surface area contributed by atoms with Crippen molar-refractivity contribution in [3.05, 3.63) is 54.1 Å². The minimum Gasteiger partial charge on any atom is -0.357 e. The molecule has 0 unspecified atom stereocenters. The smallest absolute Gasteiger partial charge is 0.0312 e. The van der Waals surface area contributed by atoms with Crippen molar-refractivity contribution in [1.82, 2.24) is 14.9 Å². The van der Waals surface area contributed by atoms with Crippen LogP contribution in [0.4, 0.5) is 0 Å². The van der Waals surface area contributed by atoms with Gasteiger partial charge in [-0.1, -0.05) is 6.07 Å². The lowest BCUT2D eigenvalue weighted by molar-refractivity contribution is 0.690. The third-order valence-electron chi connectivity index (χ3n) is 2.27. The average Bonchev–Trinajstić information content (AvgIpc) is 2.66. The predicted molar refractivity (Wildman–Crippen MR) is 60.2 cm³/mol. The Kier molecular flexibility index (Phi) is 3.15. The van der Waals surface area contributed by atoms with Gasteiger partial charge in [-0.05, 0) is 23.3 Å². The van der Waals surface area contributed by atoms with Crippen LogP contribution >= 0.6 is 0 Å². The molecule has 2 rings (SSSR count). The molecule has 3 nitrogen and oxygen atoms in total. The Balaban J connectivity index is 1.80. The SMILES string of the molecule is Cn1ccc(CNCc2cccnc2)c1. The molecule has 1 N–H and O–H groups in total. The molecular formula is C12H15N3. The zero-order valence-electron chi connectivity index (χ0n) is 8.85. The maximum atomic E-state index is 4.07. The Hall–Kier alpha value is -1.61. The van der Waals surface area contributed by atoms with Crippen LogP contribution < -0.4 is 5.32 Å². The van der Waals surface area contributed by atoms with Crippen molar-refractivity contribution in [2.75, 3.05) is 0 Å². The third-order valence-corrected chi connectivity index (χ3v) is 2.27. The van der Waals surface area contributed by atoms with Crippen LogP contribution in [0.2, 0.25) is 0 Å². The van der Waals surface area contributed by atoms with Crippen molar-refractivity contribution in [3.63, 3.8) is 0 Å². The number of pyridine rings is 1. The number of aromatic nitrogens is 2. The monoisotopic (exact) mass is 201 g/mol. The van der Waals surface area contributed by atoms with Crippen molar-refractivity contribution in [1.29, 1.82) is 0 Å². The molecule has 0 aliphatic carbocycles. The van der Waals surface area contributed by atoms with Gasteiger partial charge >= 0.3 is 0 Å². The van der Waals surface area contributed by atoms with E-state index in [1.165, 1.54) is 11.1 Å². The number of nitrogens with one attached hydrogen (secondary N) is 1. The van der Waals surface area contributed by atoms with E-state index in [-0.39, 0.29) is 0 Å². The molecule has 2 aromatic heterocycles. The average molecular weight is 201 g/mol. The Morgan fingerprint density at radius 2 is 2.13 bits per heavy atom. The molecule has 0 radical (unpaired) electrons. The normalized spacial score (nSPS) is 10.5. The first-order chi connectivity index (χ1) is 7.34. The number of hydrogen-bond acceptors (Lipinski definition) is 2. The predicted octanol–water partition coefficient (Wildman–Crippen LogP) is 1.71. The van der Waals surface area contributed by atoms with E-state index in [0.717, 1.165) is 13.1 Å². The topological polar surface area (TPSA) is 29.9 Å². The van der Waals surface area contributed by atoms with E-state index in [0.29, 0.717) is 0 Å². The van der Waals surface area contributed by atoms with Crippen LogP contribution in [0.1, 0.15) is 11.1 Å². The Labute approximate surface area is 89.8 Å². The highest BCUT2D eigenvalue weighted by Gasteiger charge is 1.94. The molecule has 0 saturated heterocycles. The first-order valence-corrected chi connectivity index (χ1v) is 5.05. The molecule has 0 atom stereocenters. The number of nitrogens with zero attached hydrogens (tertiary/aromatic N) is 2. The van der Waals surface area contributed by atoms with Gasteiger partial charge in [-0.15, -0.1) is 0 Å². The lowest BCUT2D eigenvalue weighted by atomic mass is 10.3. The molecule has 0 aliphatic rings. The summed E-state index contributed by atoms with van der Waals surface area (Å²) in [5, 5.41) is 3.38. The lowest BCUT2D eigenvalue weighted by Gasteiger charge is -2.02. The summed E-state index contributed by atoms with van der Waals surface area (Å²) in [6, 6.07) is 6.15. The minimum atomic E-state index is 0.864. The minimum absolute atomic E-state index is 0.864. The quantitative estimate of drug-likeness (QED) is 0.816. The molecule has 0 aliphatic heterocycles. The second-order valence-electron chi connectivity index (χ2n) is 3.65.